The van der Waals surface area contributed by atoms with Crippen molar-refractivity contribution in [3.05, 3.63) is 58.1 Å². The number of fused-ring (bicyclic) bond motifs is 1. The van der Waals surface area contributed by atoms with E-state index in [1.54, 1.807) is 34.0 Å². The molecule has 1 aromatic heterocycles. The van der Waals surface area contributed by atoms with E-state index in [1.165, 1.54) is 12.1 Å². The van der Waals surface area contributed by atoms with E-state index in [4.69, 9.17) is 5.53 Å². The van der Waals surface area contributed by atoms with Gasteiger partial charge in [0.2, 0.25) is 0 Å². The van der Waals surface area contributed by atoms with Gasteiger partial charge >= 0.3 is 0 Å². The van der Waals surface area contributed by atoms with Crippen molar-refractivity contribution < 1.29 is 4.39 Å². The average molecular weight is 295 g/mol. The van der Waals surface area contributed by atoms with Crippen molar-refractivity contribution in [3.8, 4) is 17.2 Å². The number of azide groups is 1. The van der Waals surface area contributed by atoms with Crippen LogP contribution in [0.25, 0.3) is 27.6 Å². The van der Waals surface area contributed by atoms with E-state index in [0.29, 0.717) is 12.2 Å². The van der Waals surface area contributed by atoms with Gasteiger partial charge in [0.1, 0.15) is 18.6 Å². The van der Waals surface area contributed by atoms with E-state index in [9.17, 15) is 9.65 Å². The summed E-state index contributed by atoms with van der Waals surface area (Å²) >= 11 is 0. The van der Waals surface area contributed by atoms with Crippen LogP contribution in [0.4, 0.5) is 4.39 Å². The zero-order valence-electron chi connectivity index (χ0n) is 11.4. The van der Waals surface area contributed by atoms with Gasteiger partial charge in [-0.05, 0) is 29.3 Å². The molecule has 108 valence electrons. The van der Waals surface area contributed by atoms with Gasteiger partial charge in [-0.15, -0.1) is 0 Å². The standard InChI is InChI=1S/C14H10FN7/c15-11-3-1-10(2-4-11)14-12(7-16)19-22-9-21(8-18-20-17)6-5-13(14)22/h1-6H,8-9H2. The Labute approximate surface area is 125 Å². The average Bonchev–Trinajstić information content (AvgIpc) is 2.91. The molecule has 3 rings (SSSR count). The number of halogens is 1. The van der Waals surface area contributed by atoms with Crippen LogP contribution in [0.2, 0.25) is 0 Å². The highest BCUT2D eigenvalue weighted by molar-refractivity contribution is 5.78. The van der Waals surface area contributed by atoms with E-state index < -0.39 is 0 Å². The minimum Gasteiger partial charge on any atom is -0.352 e. The summed E-state index contributed by atoms with van der Waals surface area (Å²) in [5.74, 6) is -0.334. The molecule has 0 saturated heterocycles. The van der Waals surface area contributed by atoms with Gasteiger partial charge in [-0.2, -0.15) is 10.4 Å². The second-order valence-electron chi connectivity index (χ2n) is 4.65. The Hall–Kier alpha value is -3.30. The molecule has 1 aliphatic rings. The van der Waals surface area contributed by atoms with Crippen LogP contribution in [0.5, 0.6) is 0 Å². The van der Waals surface area contributed by atoms with E-state index >= 15 is 0 Å². The van der Waals surface area contributed by atoms with E-state index in [0.717, 1.165) is 11.3 Å². The van der Waals surface area contributed by atoms with Gasteiger partial charge in [-0.3, -0.25) is 0 Å². The summed E-state index contributed by atoms with van der Waals surface area (Å²) in [6.07, 6.45) is 3.57. The van der Waals surface area contributed by atoms with Crippen LogP contribution >= 0.6 is 0 Å². The van der Waals surface area contributed by atoms with Gasteiger partial charge in [-0.1, -0.05) is 17.2 Å². The summed E-state index contributed by atoms with van der Waals surface area (Å²) < 4.78 is 14.7. The molecular weight excluding hydrogens is 285 g/mol. The second kappa shape index (κ2) is 5.60. The second-order valence-corrected chi connectivity index (χ2v) is 4.65. The largest absolute Gasteiger partial charge is 0.352 e. The molecular formula is C14H10FN7. The summed E-state index contributed by atoms with van der Waals surface area (Å²) in [5.41, 5.74) is 10.8. The lowest BCUT2D eigenvalue weighted by atomic mass is 10.0. The molecule has 22 heavy (non-hydrogen) atoms. The number of nitriles is 1. The number of rotatable bonds is 3. The van der Waals surface area contributed by atoms with Gasteiger partial charge in [0.15, 0.2) is 5.69 Å². The molecule has 0 amide bonds. The fourth-order valence-corrected chi connectivity index (χ4v) is 2.33. The maximum absolute atomic E-state index is 13.1. The van der Waals surface area contributed by atoms with Crippen molar-refractivity contribution in [3.63, 3.8) is 0 Å². The van der Waals surface area contributed by atoms with Gasteiger partial charge in [0.05, 0.1) is 12.4 Å². The SMILES string of the molecule is N#Cc1nn2c(c1-c1ccc(F)cc1)C=CN(CN=[N+]=[N-])C2. The molecule has 0 fully saturated rings. The third-order valence-corrected chi connectivity index (χ3v) is 3.30. The molecule has 0 aliphatic carbocycles. The molecule has 7 nitrogen and oxygen atoms in total. The number of benzene rings is 1. The molecule has 8 heteroatoms. The molecule has 0 atom stereocenters. The number of hydrogen-bond donors (Lipinski definition) is 0. The van der Waals surface area contributed by atoms with Crippen LogP contribution in [-0.2, 0) is 6.67 Å². The molecule has 1 aliphatic heterocycles. The lowest BCUT2D eigenvalue weighted by Crippen LogP contribution is -2.25. The van der Waals surface area contributed by atoms with Crippen LogP contribution in [0.15, 0.2) is 35.6 Å². The van der Waals surface area contributed by atoms with Crippen LogP contribution in [-0.4, -0.2) is 21.3 Å². The molecule has 0 unspecified atom stereocenters. The number of aromatic nitrogens is 2. The summed E-state index contributed by atoms with van der Waals surface area (Å²) in [6.45, 7) is 0.556. The molecule has 0 bridgehead atoms. The molecule has 2 heterocycles. The predicted molar refractivity (Wildman–Crippen MR) is 77.2 cm³/mol. The zero-order valence-corrected chi connectivity index (χ0v) is 11.4. The molecule has 2 aromatic rings. The maximum atomic E-state index is 13.1. The van der Waals surface area contributed by atoms with E-state index in [2.05, 4.69) is 21.2 Å². The highest BCUT2D eigenvalue weighted by Gasteiger charge is 2.21. The first-order chi connectivity index (χ1) is 10.7. The van der Waals surface area contributed by atoms with Crippen LogP contribution in [0.3, 0.4) is 0 Å². The molecule has 0 N–H and O–H groups in total. The lowest BCUT2D eigenvalue weighted by Gasteiger charge is -2.22. The fraction of sp³-hybridized carbons (Fsp3) is 0.143. The van der Waals surface area contributed by atoms with E-state index in [1.807, 2.05) is 0 Å². The molecule has 0 spiro atoms. The molecule has 0 radical (unpaired) electrons. The van der Waals surface area contributed by atoms with Crippen molar-refractivity contribution >= 4 is 6.08 Å². The van der Waals surface area contributed by atoms with Crippen LogP contribution < -0.4 is 0 Å². The third kappa shape index (κ3) is 2.37. The normalized spacial score (nSPS) is 12.5. The Morgan fingerprint density at radius 2 is 2.18 bits per heavy atom. The topological polar surface area (TPSA) is 93.6 Å². The first-order valence-electron chi connectivity index (χ1n) is 6.43. The number of hydrogen-bond acceptors (Lipinski definition) is 4. The third-order valence-electron chi connectivity index (χ3n) is 3.30. The zero-order chi connectivity index (χ0) is 15.5. The summed E-state index contributed by atoms with van der Waals surface area (Å²) in [6, 6.07) is 8.00. The van der Waals surface area contributed by atoms with Gasteiger partial charge in [0, 0.05) is 16.7 Å². The Kier molecular flexibility index (Phi) is 3.48. The van der Waals surface area contributed by atoms with Gasteiger partial charge in [0.25, 0.3) is 0 Å². The van der Waals surface area contributed by atoms with Gasteiger partial charge < -0.3 is 4.90 Å². The first-order valence-corrected chi connectivity index (χ1v) is 6.43. The molecule has 1 aromatic carbocycles. The Balaban J connectivity index is 2.04. The van der Waals surface area contributed by atoms with Crippen molar-refractivity contribution in [2.24, 2.45) is 5.11 Å². The predicted octanol–water partition coefficient (Wildman–Crippen LogP) is 3.07. The quantitative estimate of drug-likeness (QED) is 0.494. The highest BCUT2D eigenvalue weighted by atomic mass is 19.1. The van der Waals surface area contributed by atoms with E-state index in [-0.39, 0.29) is 18.2 Å². The van der Waals surface area contributed by atoms with Crippen molar-refractivity contribution in [1.82, 2.24) is 14.7 Å². The van der Waals surface area contributed by atoms with Crippen LogP contribution in [0, 0.1) is 17.1 Å². The highest BCUT2D eigenvalue weighted by Crippen LogP contribution is 2.30. The van der Waals surface area contributed by atoms with Crippen molar-refractivity contribution in [2.45, 2.75) is 6.67 Å². The summed E-state index contributed by atoms with van der Waals surface area (Å²) in [7, 11) is 0. The first kappa shape index (κ1) is 13.7. The minimum atomic E-state index is -0.334. The Bertz CT molecular complexity index is 822. The van der Waals surface area contributed by atoms with Crippen molar-refractivity contribution in [1.29, 1.82) is 5.26 Å². The Morgan fingerprint density at radius 1 is 1.41 bits per heavy atom. The number of nitrogens with zero attached hydrogens (tertiary/aromatic N) is 7. The minimum absolute atomic E-state index is 0.181. The molecule has 0 saturated carbocycles. The summed E-state index contributed by atoms with van der Waals surface area (Å²) in [4.78, 5) is 4.47. The van der Waals surface area contributed by atoms with Crippen molar-refractivity contribution in [2.75, 3.05) is 6.67 Å². The lowest BCUT2D eigenvalue weighted by molar-refractivity contribution is 0.287. The monoisotopic (exact) mass is 295 g/mol. The maximum Gasteiger partial charge on any atom is 0.171 e. The Morgan fingerprint density at radius 3 is 2.86 bits per heavy atom. The smallest absolute Gasteiger partial charge is 0.171 e. The fourth-order valence-electron chi connectivity index (χ4n) is 2.33. The van der Waals surface area contributed by atoms with Gasteiger partial charge in [-0.25, -0.2) is 9.07 Å². The summed E-state index contributed by atoms with van der Waals surface area (Å²) in [5, 5.41) is 17.0. The van der Waals surface area contributed by atoms with Crippen LogP contribution in [0.1, 0.15) is 11.4 Å².